The van der Waals surface area contributed by atoms with E-state index in [-0.39, 0.29) is 11.4 Å². The molecule has 1 saturated heterocycles. The lowest BCUT2D eigenvalue weighted by Gasteiger charge is -2.40. The molecule has 2 heterocycles. The van der Waals surface area contributed by atoms with E-state index < -0.39 is 0 Å². The van der Waals surface area contributed by atoms with Crippen molar-refractivity contribution in [3.63, 3.8) is 0 Å². The van der Waals surface area contributed by atoms with Crippen LogP contribution in [-0.2, 0) is 11.2 Å². The number of amides is 1. The van der Waals surface area contributed by atoms with Gasteiger partial charge >= 0.3 is 0 Å². The summed E-state index contributed by atoms with van der Waals surface area (Å²) in [4.78, 5) is 18.6. The molecule has 0 unspecified atom stereocenters. The van der Waals surface area contributed by atoms with Crippen molar-refractivity contribution in [2.45, 2.75) is 57.4 Å². The van der Waals surface area contributed by atoms with Crippen molar-refractivity contribution in [1.29, 1.82) is 0 Å². The maximum absolute atomic E-state index is 12.4. The summed E-state index contributed by atoms with van der Waals surface area (Å²) < 4.78 is 5.01. The largest absolute Gasteiger partial charge is 0.342 e. The number of aromatic nitrogens is 2. The molecule has 1 aromatic rings. The van der Waals surface area contributed by atoms with Crippen LogP contribution in [0.5, 0.6) is 0 Å². The number of carbonyl (C=O) groups excluding carboxylic acids is 1. The van der Waals surface area contributed by atoms with E-state index in [0.29, 0.717) is 18.2 Å². The Hall–Kier alpha value is -1.43. The average Bonchev–Trinajstić information content (AvgIpc) is 2.82. The fourth-order valence-electron chi connectivity index (χ4n) is 3.36. The van der Waals surface area contributed by atoms with Crippen molar-refractivity contribution in [2.24, 2.45) is 11.7 Å². The maximum Gasteiger partial charge on any atom is 0.224 e. The molecule has 21 heavy (non-hydrogen) atoms. The van der Waals surface area contributed by atoms with Crippen LogP contribution in [0.3, 0.4) is 0 Å². The van der Waals surface area contributed by atoms with Crippen LogP contribution in [0, 0.1) is 12.8 Å². The number of rotatable bonds is 4. The number of hydrogen-bond acceptors (Lipinski definition) is 5. The molecule has 0 spiro atoms. The highest BCUT2D eigenvalue weighted by Crippen LogP contribution is 2.33. The highest BCUT2D eigenvalue weighted by Gasteiger charge is 2.36. The Morgan fingerprint density at radius 3 is 2.90 bits per heavy atom. The predicted octanol–water partition coefficient (Wildman–Crippen LogP) is 1.43. The summed E-state index contributed by atoms with van der Waals surface area (Å²) in [7, 11) is 0. The summed E-state index contributed by atoms with van der Waals surface area (Å²) in [6.07, 6.45) is 6.58. The second kappa shape index (κ2) is 5.75. The molecule has 0 radical (unpaired) electrons. The first kappa shape index (κ1) is 14.5. The Morgan fingerprint density at radius 2 is 2.29 bits per heavy atom. The number of piperidine rings is 1. The number of aryl methyl sites for hydroxylation is 1. The van der Waals surface area contributed by atoms with Crippen molar-refractivity contribution < 1.29 is 9.32 Å². The van der Waals surface area contributed by atoms with Gasteiger partial charge in [-0.25, -0.2) is 0 Å². The minimum Gasteiger partial charge on any atom is -0.342 e. The standard InChI is InChI=1S/C15H24N4O2/c1-11-17-13(18-21-11)8-12-4-2-7-19(10-12)14(20)9-15(16)5-3-6-15/h12H,2-10,16H2,1H3/t12-/m0/s1. The Kier molecular flexibility index (Phi) is 3.97. The van der Waals surface area contributed by atoms with Crippen LogP contribution in [0.25, 0.3) is 0 Å². The molecule has 116 valence electrons. The van der Waals surface area contributed by atoms with Gasteiger partial charge in [0.2, 0.25) is 11.8 Å². The molecular weight excluding hydrogens is 268 g/mol. The van der Waals surface area contributed by atoms with Gasteiger partial charge in [-0.3, -0.25) is 4.79 Å². The summed E-state index contributed by atoms with van der Waals surface area (Å²) in [6, 6.07) is 0. The Balaban J connectivity index is 1.53. The van der Waals surface area contributed by atoms with Gasteiger partial charge in [-0.2, -0.15) is 4.98 Å². The number of nitrogens with zero attached hydrogens (tertiary/aromatic N) is 3. The van der Waals surface area contributed by atoms with Gasteiger partial charge in [0.15, 0.2) is 5.82 Å². The van der Waals surface area contributed by atoms with E-state index in [4.69, 9.17) is 10.3 Å². The molecular formula is C15H24N4O2. The zero-order valence-electron chi connectivity index (χ0n) is 12.7. The van der Waals surface area contributed by atoms with Crippen molar-refractivity contribution in [2.75, 3.05) is 13.1 Å². The smallest absolute Gasteiger partial charge is 0.224 e. The van der Waals surface area contributed by atoms with Crippen LogP contribution >= 0.6 is 0 Å². The summed E-state index contributed by atoms with van der Waals surface area (Å²) >= 11 is 0. The van der Waals surface area contributed by atoms with Crippen LogP contribution in [-0.4, -0.2) is 39.6 Å². The fraction of sp³-hybridized carbons (Fsp3) is 0.800. The first-order valence-corrected chi connectivity index (χ1v) is 7.90. The van der Waals surface area contributed by atoms with Crippen molar-refractivity contribution in [3.05, 3.63) is 11.7 Å². The zero-order chi connectivity index (χ0) is 14.9. The molecule has 3 rings (SSSR count). The molecule has 1 saturated carbocycles. The summed E-state index contributed by atoms with van der Waals surface area (Å²) in [5.74, 6) is 1.99. The second-order valence-electron chi connectivity index (χ2n) is 6.67. The lowest BCUT2D eigenvalue weighted by Crippen LogP contribution is -2.52. The molecule has 2 N–H and O–H groups in total. The molecule has 0 bridgehead atoms. The topological polar surface area (TPSA) is 85.2 Å². The minimum absolute atomic E-state index is 0.214. The molecule has 1 aliphatic carbocycles. The third-order valence-corrected chi connectivity index (χ3v) is 4.77. The van der Waals surface area contributed by atoms with E-state index in [2.05, 4.69) is 10.1 Å². The van der Waals surface area contributed by atoms with E-state index in [1.165, 1.54) is 0 Å². The molecule has 1 aromatic heterocycles. The van der Waals surface area contributed by atoms with Crippen LogP contribution in [0.15, 0.2) is 4.52 Å². The minimum atomic E-state index is -0.227. The van der Waals surface area contributed by atoms with Gasteiger partial charge in [0, 0.05) is 38.4 Å². The molecule has 1 amide bonds. The van der Waals surface area contributed by atoms with Crippen molar-refractivity contribution in [1.82, 2.24) is 15.0 Å². The summed E-state index contributed by atoms with van der Waals surface area (Å²) in [5.41, 5.74) is 5.96. The molecule has 1 aliphatic heterocycles. The molecule has 2 aliphatic rings. The Labute approximate surface area is 125 Å². The fourth-order valence-corrected chi connectivity index (χ4v) is 3.36. The highest BCUT2D eigenvalue weighted by atomic mass is 16.5. The van der Waals surface area contributed by atoms with Gasteiger partial charge in [0.25, 0.3) is 0 Å². The van der Waals surface area contributed by atoms with E-state index in [9.17, 15) is 4.79 Å². The van der Waals surface area contributed by atoms with Crippen LogP contribution in [0.2, 0.25) is 0 Å². The molecule has 0 aromatic carbocycles. The molecule has 1 atom stereocenters. The number of likely N-dealkylation sites (tertiary alicyclic amines) is 1. The van der Waals surface area contributed by atoms with Crippen molar-refractivity contribution in [3.8, 4) is 0 Å². The lowest BCUT2D eigenvalue weighted by atomic mass is 9.75. The van der Waals surface area contributed by atoms with Gasteiger partial charge in [-0.05, 0) is 38.0 Å². The normalized spacial score (nSPS) is 24.7. The maximum atomic E-state index is 12.4. The Morgan fingerprint density at radius 1 is 1.48 bits per heavy atom. The number of carbonyl (C=O) groups is 1. The van der Waals surface area contributed by atoms with Gasteiger partial charge in [-0.15, -0.1) is 0 Å². The van der Waals surface area contributed by atoms with Gasteiger partial charge < -0.3 is 15.2 Å². The van der Waals surface area contributed by atoms with E-state index in [1.807, 2.05) is 4.90 Å². The molecule has 2 fully saturated rings. The molecule has 6 heteroatoms. The van der Waals surface area contributed by atoms with Gasteiger partial charge in [-0.1, -0.05) is 5.16 Å². The third-order valence-electron chi connectivity index (χ3n) is 4.77. The van der Waals surface area contributed by atoms with Crippen LogP contribution in [0.4, 0.5) is 0 Å². The van der Waals surface area contributed by atoms with E-state index in [0.717, 1.165) is 57.4 Å². The Bertz CT molecular complexity index is 510. The lowest BCUT2D eigenvalue weighted by molar-refractivity contribution is -0.135. The first-order chi connectivity index (χ1) is 10.0. The van der Waals surface area contributed by atoms with Gasteiger partial charge in [0.05, 0.1) is 0 Å². The van der Waals surface area contributed by atoms with Gasteiger partial charge in [0.1, 0.15) is 0 Å². The quantitative estimate of drug-likeness (QED) is 0.907. The molecule has 6 nitrogen and oxygen atoms in total. The predicted molar refractivity (Wildman–Crippen MR) is 77.4 cm³/mol. The van der Waals surface area contributed by atoms with E-state index in [1.54, 1.807) is 6.92 Å². The monoisotopic (exact) mass is 292 g/mol. The van der Waals surface area contributed by atoms with Crippen LogP contribution < -0.4 is 5.73 Å². The average molecular weight is 292 g/mol. The number of hydrogen-bond donors (Lipinski definition) is 1. The third kappa shape index (κ3) is 3.43. The van der Waals surface area contributed by atoms with Crippen LogP contribution in [0.1, 0.15) is 50.2 Å². The zero-order valence-corrected chi connectivity index (χ0v) is 12.7. The highest BCUT2D eigenvalue weighted by molar-refractivity contribution is 5.77. The van der Waals surface area contributed by atoms with E-state index >= 15 is 0 Å². The first-order valence-electron chi connectivity index (χ1n) is 7.90. The summed E-state index contributed by atoms with van der Waals surface area (Å²) in [6.45, 7) is 3.45. The summed E-state index contributed by atoms with van der Waals surface area (Å²) in [5, 5.41) is 3.95. The SMILES string of the molecule is Cc1nc(C[C@@H]2CCCN(C(=O)CC3(N)CCC3)C2)no1. The second-order valence-corrected chi connectivity index (χ2v) is 6.67. The van der Waals surface area contributed by atoms with Crippen molar-refractivity contribution >= 4 is 5.91 Å². The number of nitrogens with two attached hydrogens (primary N) is 1.